The van der Waals surface area contributed by atoms with Crippen molar-refractivity contribution < 1.29 is 31.5 Å². The quantitative estimate of drug-likeness (QED) is 0.536. The second-order valence-corrected chi connectivity index (χ2v) is 7.41. The van der Waals surface area contributed by atoms with Gasteiger partial charge in [-0.25, -0.2) is 26.9 Å². The van der Waals surface area contributed by atoms with E-state index in [2.05, 4.69) is 14.7 Å². The van der Waals surface area contributed by atoms with Crippen molar-refractivity contribution in [2.75, 3.05) is 7.11 Å². The van der Waals surface area contributed by atoms with Crippen molar-refractivity contribution in [2.24, 2.45) is 11.7 Å². The average Bonchev–Trinajstić information content (AvgIpc) is 3.11. The van der Waals surface area contributed by atoms with Crippen LogP contribution in [0.25, 0.3) is 11.0 Å². The van der Waals surface area contributed by atoms with Gasteiger partial charge >= 0.3 is 5.97 Å². The minimum absolute atomic E-state index is 0.141. The van der Waals surface area contributed by atoms with Crippen molar-refractivity contribution in [2.45, 2.75) is 56.4 Å². The van der Waals surface area contributed by atoms with E-state index in [0.717, 1.165) is 7.11 Å². The maximum absolute atomic E-state index is 15.0. The van der Waals surface area contributed by atoms with Crippen LogP contribution in [0.2, 0.25) is 0 Å². The fourth-order valence-corrected chi connectivity index (χ4v) is 3.82. The third-order valence-electron chi connectivity index (χ3n) is 5.50. The summed E-state index contributed by atoms with van der Waals surface area (Å²) in [4.78, 5) is 18.9. The predicted octanol–water partition coefficient (Wildman–Crippen LogP) is 4.44. The number of H-pyrrole nitrogens is 1. The van der Waals surface area contributed by atoms with Gasteiger partial charge in [-0.05, 0) is 24.8 Å². The third-order valence-corrected chi connectivity index (χ3v) is 5.50. The van der Waals surface area contributed by atoms with Gasteiger partial charge in [-0.1, -0.05) is 6.07 Å². The summed E-state index contributed by atoms with van der Waals surface area (Å²) in [5.74, 6) is -6.06. The highest BCUT2D eigenvalue weighted by molar-refractivity contribution is 5.82. The van der Waals surface area contributed by atoms with Crippen LogP contribution in [0, 0.1) is 11.7 Å². The summed E-state index contributed by atoms with van der Waals surface area (Å²) < 4.78 is 72.0. The number of aromatic amines is 1. The number of nitrogens with one attached hydrogen (secondary N) is 1. The number of aromatic nitrogens is 2. The average molecular weight is 419 g/mol. The zero-order valence-electron chi connectivity index (χ0n) is 15.7. The molecule has 1 aromatic carbocycles. The topological polar surface area (TPSA) is 81.0 Å². The summed E-state index contributed by atoms with van der Waals surface area (Å²) in [6.45, 7) is 0. The van der Waals surface area contributed by atoms with Crippen LogP contribution in [0.5, 0.6) is 0 Å². The van der Waals surface area contributed by atoms with Gasteiger partial charge in [-0.2, -0.15) is 0 Å². The Kier molecular flexibility index (Phi) is 6.11. The molecule has 3 rings (SSSR count). The van der Waals surface area contributed by atoms with Crippen molar-refractivity contribution in [1.29, 1.82) is 0 Å². The number of nitrogens with two attached hydrogens (primary N) is 1. The minimum atomic E-state index is -2.83. The summed E-state index contributed by atoms with van der Waals surface area (Å²) in [6.07, 6.45) is -3.81. The number of fused-ring (bicyclic) bond motifs is 1. The Morgan fingerprint density at radius 1 is 1.34 bits per heavy atom. The zero-order chi connectivity index (χ0) is 21.3. The fraction of sp³-hybridized carbons (Fsp3) is 0.579. The molecule has 1 saturated carbocycles. The molecule has 1 aliphatic carbocycles. The summed E-state index contributed by atoms with van der Waals surface area (Å²) in [5.41, 5.74) is 6.06. The lowest BCUT2D eigenvalue weighted by Crippen LogP contribution is -2.31. The summed E-state index contributed by atoms with van der Waals surface area (Å²) in [6, 6.07) is 1.96. The molecular weight excluding hydrogens is 397 g/mol. The molecule has 0 saturated heterocycles. The smallest absolute Gasteiger partial charge is 0.313 e. The molecule has 1 heterocycles. The number of ether oxygens (including phenoxy) is 1. The van der Waals surface area contributed by atoms with Gasteiger partial charge in [0.2, 0.25) is 12.3 Å². The van der Waals surface area contributed by atoms with Gasteiger partial charge in [0, 0.05) is 24.8 Å². The van der Waals surface area contributed by atoms with Crippen LogP contribution >= 0.6 is 0 Å². The fourth-order valence-electron chi connectivity index (χ4n) is 3.82. The highest BCUT2D eigenvalue weighted by atomic mass is 19.3. The van der Waals surface area contributed by atoms with Crippen LogP contribution in [0.15, 0.2) is 12.1 Å². The van der Waals surface area contributed by atoms with Crippen LogP contribution in [0.3, 0.4) is 0 Å². The van der Waals surface area contributed by atoms with E-state index in [4.69, 9.17) is 5.73 Å². The molecule has 3 N–H and O–H groups in total. The summed E-state index contributed by atoms with van der Waals surface area (Å²) >= 11 is 0. The van der Waals surface area contributed by atoms with E-state index < -0.39 is 42.5 Å². The molecular formula is C19H22F5N3O2. The largest absolute Gasteiger partial charge is 0.469 e. The molecule has 0 radical (unpaired) electrons. The van der Waals surface area contributed by atoms with Gasteiger partial charge in [0.1, 0.15) is 11.3 Å². The van der Waals surface area contributed by atoms with Crippen LogP contribution in [-0.2, 0) is 9.53 Å². The van der Waals surface area contributed by atoms with Gasteiger partial charge in [-0.3, -0.25) is 4.79 Å². The Morgan fingerprint density at radius 3 is 2.59 bits per heavy atom. The Balaban J connectivity index is 1.90. The zero-order valence-corrected chi connectivity index (χ0v) is 15.7. The van der Waals surface area contributed by atoms with E-state index in [-0.39, 0.29) is 54.0 Å². The van der Waals surface area contributed by atoms with Gasteiger partial charge < -0.3 is 15.5 Å². The number of carbonyl (C=O) groups is 1. The molecule has 2 aromatic rings. The lowest BCUT2D eigenvalue weighted by atomic mass is 9.82. The van der Waals surface area contributed by atoms with Gasteiger partial charge in [-0.15, -0.1) is 0 Å². The molecule has 0 bridgehead atoms. The number of hydrogen-bond acceptors (Lipinski definition) is 4. The number of halogens is 5. The van der Waals surface area contributed by atoms with E-state index in [0.29, 0.717) is 0 Å². The molecule has 1 aromatic heterocycles. The van der Waals surface area contributed by atoms with Crippen LogP contribution in [0.1, 0.15) is 55.5 Å². The number of rotatable bonds is 6. The molecule has 2 atom stereocenters. The SMILES string of the molecule is COC(=O)C(CC(F)F)c1ccc2[nH]c(C(N)C3CCC(F)(F)CC3)nc2c1F. The number of alkyl halides is 4. The first-order valence-corrected chi connectivity index (χ1v) is 9.30. The summed E-state index contributed by atoms with van der Waals surface area (Å²) in [7, 11) is 1.04. The van der Waals surface area contributed by atoms with E-state index in [1.807, 2.05) is 0 Å². The van der Waals surface area contributed by atoms with Crippen molar-refractivity contribution in [3.05, 3.63) is 29.3 Å². The van der Waals surface area contributed by atoms with Crippen molar-refractivity contribution in [1.82, 2.24) is 9.97 Å². The first-order chi connectivity index (χ1) is 13.6. The molecule has 2 unspecified atom stereocenters. The molecule has 1 aliphatic rings. The number of benzene rings is 1. The standard InChI is InChI=1S/C19H22F5N3O2/c1-29-18(28)11(8-13(20)21)10-2-3-12-16(14(10)22)27-17(26-12)15(25)9-4-6-19(23,24)7-5-9/h2-3,9,11,13,15H,4-8,25H2,1H3,(H,26,27). The lowest BCUT2D eigenvalue weighted by molar-refractivity contribution is -0.143. The van der Waals surface area contributed by atoms with Gasteiger partial charge in [0.05, 0.1) is 24.6 Å². The lowest BCUT2D eigenvalue weighted by Gasteiger charge is -2.31. The molecule has 0 aliphatic heterocycles. The van der Waals surface area contributed by atoms with E-state index >= 15 is 4.39 Å². The van der Waals surface area contributed by atoms with Gasteiger partial charge in [0.25, 0.3) is 0 Å². The number of imidazole rings is 1. The first-order valence-electron chi connectivity index (χ1n) is 9.30. The maximum atomic E-state index is 15.0. The Bertz CT molecular complexity index is 876. The van der Waals surface area contributed by atoms with E-state index in [9.17, 15) is 22.4 Å². The monoisotopic (exact) mass is 419 g/mol. The molecule has 10 heteroatoms. The second kappa shape index (κ2) is 8.25. The molecule has 0 spiro atoms. The highest BCUT2D eigenvalue weighted by Crippen LogP contribution is 2.40. The Hall–Kier alpha value is -2.23. The molecule has 1 fully saturated rings. The number of hydrogen-bond donors (Lipinski definition) is 2. The minimum Gasteiger partial charge on any atom is -0.469 e. The van der Waals surface area contributed by atoms with Gasteiger partial charge in [0.15, 0.2) is 5.82 Å². The number of methoxy groups -OCH3 is 1. The maximum Gasteiger partial charge on any atom is 0.313 e. The second-order valence-electron chi connectivity index (χ2n) is 7.41. The van der Waals surface area contributed by atoms with Crippen molar-refractivity contribution in [3.63, 3.8) is 0 Å². The molecule has 160 valence electrons. The van der Waals surface area contributed by atoms with Crippen LogP contribution < -0.4 is 5.73 Å². The number of esters is 1. The number of nitrogens with zero attached hydrogens (tertiary/aromatic N) is 1. The molecule has 0 amide bonds. The summed E-state index contributed by atoms with van der Waals surface area (Å²) in [5, 5.41) is 0. The Labute approximate surface area is 163 Å². The van der Waals surface area contributed by atoms with Crippen LogP contribution in [-0.4, -0.2) is 35.4 Å². The number of carbonyl (C=O) groups excluding carboxylic acids is 1. The predicted molar refractivity (Wildman–Crippen MR) is 95.3 cm³/mol. The Morgan fingerprint density at radius 2 is 2.00 bits per heavy atom. The highest BCUT2D eigenvalue weighted by Gasteiger charge is 2.38. The van der Waals surface area contributed by atoms with Crippen molar-refractivity contribution in [3.8, 4) is 0 Å². The normalized spacial score (nSPS) is 19.4. The molecule has 5 nitrogen and oxygen atoms in total. The van der Waals surface area contributed by atoms with Crippen LogP contribution in [0.4, 0.5) is 22.0 Å². The van der Waals surface area contributed by atoms with Crippen molar-refractivity contribution >= 4 is 17.0 Å². The third kappa shape index (κ3) is 4.52. The van der Waals surface area contributed by atoms with E-state index in [1.165, 1.54) is 12.1 Å². The first kappa shape index (κ1) is 21.5. The van der Waals surface area contributed by atoms with E-state index in [1.54, 1.807) is 0 Å². The molecule has 29 heavy (non-hydrogen) atoms.